The van der Waals surface area contributed by atoms with E-state index in [4.69, 9.17) is 0 Å². The number of aromatic nitrogens is 1. The van der Waals surface area contributed by atoms with Crippen LogP contribution >= 0.6 is 0 Å². The molecule has 10 heteroatoms. The van der Waals surface area contributed by atoms with Gasteiger partial charge in [0.1, 0.15) is 17.4 Å². The number of rotatable bonds is 6. The quantitative estimate of drug-likeness (QED) is 0.437. The smallest absolute Gasteiger partial charge is 0.324 e. The average molecular weight is 556 g/mol. The Morgan fingerprint density at radius 2 is 1.70 bits per heavy atom. The zero-order valence-electron chi connectivity index (χ0n) is 23.1. The van der Waals surface area contributed by atoms with Crippen molar-refractivity contribution in [1.29, 1.82) is 5.26 Å². The van der Waals surface area contributed by atoms with Crippen LogP contribution < -0.4 is 15.5 Å². The topological polar surface area (TPSA) is 98.1 Å². The lowest BCUT2D eigenvalue weighted by atomic mass is 9.87. The van der Waals surface area contributed by atoms with E-state index in [1.165, 1.54) is 11.1 Å². The first-order valence-electron chi connectivity index (χ1n) is 13.7. The van der Waals surface area contributed by atoms with E-state index in [0.29, 0.717) is 18.5 Å². The molecule has 0 bridgehead atoms. The Bertz CT molecular complexity index is 1250. The van der Waals surface area contributed by atoms with Gasteiger partial charge in [0.05, 0.1) is 12.3 Å². The van der Waals surface area contributed by atoms with Gasteiger partial charge in [0.15, 0.2) is 0 Å². The highest BCUT2D eigenvalue weighted by Gasteiger charge is 2.42. The number of alkyl halides is 2. The van der Waals surface area contributed by atoms with Crippen molar-refractivity contribution in [3.05, 3.63) is 59.7 Å². The van der Waals surface area contributed by atoms with Gasteiger partial charge in [-0.3, -0.25) is 14.7 Å². The number of benzene rings is 1. The number of pyridine rings is 1. The Labute approximate surface area is 233 Å². The van der Waals surface area contributed by atoms with E-state index in [0.717, 1.165) is 30.7 Å². The standard InChI is InChI=1S/C30H36F3N5O2/c1-28(2,3)21-6-8-24(9-7-21)38(27(40)37-29(19-34)12-4-5-13-29)25(20-16-22(31)18-35-17-20)26(39)36-23-10-14-30(32,33)15-11-23/h6-9,16-18,23,25H,4-5,10-15H2,1-3H3,(H,36,39)(H,37,40). The number of hydrogen-bond acceptors (Lipinski definition) is 4. The molecule has 2 aliphatic rings. The molecule has 40 heavy (non-hydrogen) atoms. The van der Waals surface area contributed by atoms with Crippen molar-refractivity contribution in [2.24, 2.45) is 0 Å². The number of carbonyl (C=O) groups is 2. The highest BCUT2D eigenvalue weighted by atomic mass is 19.3. The lowest BCUT2D eigenvalue weighted by molar-refractivity contribution is -0.124. The third kappa shape index (κ3) is 6.75. The summed E-state index contributed by atoms with van der Waals surface area (Å²) in [4.78, 5) is 33.0. The van der Waals surface area contributed by atoms with Gasteiger partial charge in [-0.15, -0.1) is 0 Å². The van der Waals surface area contributed by atoms with Crippen LogP contribution in [0.4, 0.5) is 23.7 Å². The predicted octanol–water partition coefficient (Wildman–Crippen LogP) is 6.31. The molecule has 3 amide bonds. The first-order chi connectivity index (χ1) is 18.8. The molecular weight excluding hydrogens is 519 g/mol. The van der Waals surface area contributed by atoms with Gasteiger partial charge in [0.25, 0.3) is 0 Å². The fourth-order valence-corrected chi connectivity index (χ4v) is 5.47. The Balaban J connectivity index is 1.76. The first kappa shape index (κ1) is 29.4. The molecule has 7 nitrogen and oxygen atoms in total. The number of urea groups is 1. The second-order valence-corrected chi connectivity index (χ2v) is 12.0. The summed E-state index contributed by atoms with van der Waals surface area (Å²) in [6.07, 6.45) is 4.25. The van der Waals surface area contributed by atoms with Gasteiger partial charge in [-0.1, -0.05) is 32.9 Å². The number of anilines is 1. The molecule has 0 saturated heterocycles. The molecular formula is C30H36F3N5O2. The molecule has 1 aromatic heterocycles. The molecule has 1 unspecified atom stereocenters. The van der Waals surface area contributed by atoms with E-state index in [1.54, 1.807) is 12.1 Å². The second kappa shape index (κ2) is 11.5. The van der Waals surface area contributed by atoms with Crippen LogP contribution in [0, 0.1) is 17.1 Å². The summed E-state index contributed by atoms with van der Waals surface area (Å²) in [6.45, 7) is 6.14. The van der Waals surface area contributed by atoms with Crippen LogP contribution in [0.1, 0.15) is 89.3 Å². The van der Waals surface area contributed by atoms with Crippen molar-refractivity contribution >= 4 is 17.6 Å². The predicted molar refractivity (Wildman–Crippen MR) is 145 cm³/mol. The van der Waals surface area contributed by atoms with Crippen molar-refractivity contribution in [2.45, 2.75) is 101 Å². The highest BCUT2D eigenvalue weighted by molar-refractivity contribution is 6.01. The average Bonchev–Trinajstić information content (AvgIpc) is 3.36. The first-order valence-corrected chi connectivity index (χ1v) is 13.7. The molecule has 1 aromatic carbocycles. The van der Waals surface area contributed by atoms with Crippen molar-refractivity contribution in [2.75, 3.05) is 4.90 Å². The molecule has 0 spiro atoms. The summed E-state index contributed by atoms with van der Waals surface area (Å²) in [7, 11) is 0. The Kier molecular flexibility index (Phi) is 8.43. The fourth-order valence-electron chi connectivity index (χ4n) is 5.47. The van der Waals surface area contributed by atoms with Crippen molar-refractivity contribution in [3.8, 4) is 6.07 Å². The van der Waals surface area contributed by atoms with E-state index in [2.05, 4.69) is 21.7 Å². The number of nitriles is 1. The normalized spacial score (nSPS) is 19.3. The summed E-state index contributed by atoms with van der Waals surface area (Å²) in [6, 6.07) is 7.91. The van der Waals surface area contributed by atoms with Crippen LogP contribution in [0.25, 0.3) is 0 Å². The molecule has 2 fully saturated rings. The molecule has 2 aromatic rings. The maximum absolute atomic E-state index is 14.4. The molecule has 2 N–H and O–H groups in total. The zero-order valence-corrected chi connectivity index (χ0v) is 23.1. The summed E-state index contributed by atoms with van der Waals surface area (Å²) in [5, 5.41) is 15.6. The minimum Gasteiger partial charge on any atom is -0.351 e. The van der Waals surface area contributed by atoms with Crippen molar-refractivity contribution in [3.63, 3.8) is 0 Å². The van der Waals surface area contributed by atoms with E-state index in [9.17, 15) is 28.0 Å². The molecule has 2 saturated carbocycles. The van der Waals surface area contributed by atoms with E-state index in [-0.39, 0.29) is 36.7 Å². The number of hydrogen-bond donors (Lipinski definition) is 2. The molecule has 0 aliphatic heterocycles. The zero-order chi connectivity index (χ0) is 29.1. The number of nitrogens with zero attached hydrogens (tertiary/aromatic N) is 3. The number of nitrogens with one attached hydrogen (secondary N) is 2. The highest BCUT2D eigenvalue weighted by Crippen LogP contribution is 2.36. The summed E-state index contributed by atoms with van der Waals surface area (Å²) in [5.41, 5.74) is 0.212. The molecule has 1 atom stereocenters. The number of halogens is 3. The fraction of sp³-hybridized carbons (Fsp3) is 0.533. The summed E-state index contributed by atoms with van der Waals surface area (Å²) >= 11 is 0. The molecule has 2 aliphatic carbocycles. The minimum atomic E-state index is -2.78. The van der Waals surface area contributed by atoms with Gasteiger partial charge in [-0.25, -0.2) is 18.0 Å². The van der Waals surface area contributed by atoms with E-state index >= 15 is 0 Å². The summed E-state index contributed by atoms with van der Waals surface area (Å²) in [5.74, 6) is -4.11. The lowest BCUT2D eigenvalue weighted by Crippen LogP contribution is -2.55. The number of carbonyl (C=O) groups excluding carboxylic acids is 2. The SMILES string of the molecule is CC(C)(C)c1ccc(N(C(=O)NC2(C#N)CCCC2)C(C(=O)NC2CCC(F)(F)CC2)c2cncc(F)c2)cc1. The van der Waals surface area contributed by atoms with Gasteiger partial charge in [-0.2, -0.15) is 5.26 Å². The van der Waals surface area contributed by atoms with Gasteiger partial charge in [0.2, 0.25) is 11.8 Å². The molecule has 1 heterocycles. The molecule has 214 valence electrons. The van der Waals surface area contributed by atoms with Crippen molar-refractivity contribution in [1.82, 2.24) is 15.6 Å². The molecule has 0 radical (unpaired) electrons. The van der Waals surface area contributed by atoms with Gasteiger partial charge < -0.3 is 10.6 Å². The third-order valence-corrected chi connectivity index (χ3v) is 7.86. The third-order valence-electron chi connectivity index (χ3n) is 7.86. The van der Waals surface area contributed by atoms with Crippen LogP contribution in [0.2, 0.25) is 0 Å². The Morgan fingerprint density at radius 1 is 1.07 bits per heavy atom. The maximum atomic E-state index is 14.4. The lowest BCUT2D eigenvalue weighted by Gasteiger charge is -2.36. The summed E-state index contributed by atoms with van der Waals surface area (Å²) < 4.78 is 41.9. The van der Waals surface area contributed by atoms with Crippen molar-refractivity contribution < 1.29 is 22.8 Å². The van der Waals surface area contributed by atoms with Crippen LogP contribution in [-0.2, 0) is 10.2 Å². The second-order valence-electron chi connectivity index (χ2n) is 12.0. The molecule has 4 rings (SSSR count). The Morgan fingerprint density at radius 3 is 2.25 bits per heavy atom. The monoisotopic (exact) mass is 555 g/mol. The van der Waals surface area contributed by atoms with Crippen LogP contribution in [0.5, 0.6) is 0 Å². The van der Waals surface area contributed by atoms with E-state index < -0.39 is 41.3 Å². The Hall–Kier alpha value is -3.61. The van der Waals surface area contributed by atoms with Crippen LogP contribution in [-0.4, -0.2) is 34.4 Å². The largest absolute Gasteiger partial charge is 0.351 e. The van der Waals surface area contributed by atoms with Crippen LogP contribution in [0.3, 0.4) is 0 Å². The number of amides is 3. The maximum Gasteiger partial charge on any atom is 0.324 e. The van der Waals surface area contributed by atoms with Gasteiger partial charge >= 0.3 is 6.03 Å². The van der Waals surface area contributed by atoms with E-state index in [1.807, 2.05) is 32.9 Å². The van der Waals surface area contributed by atoms with Crippen LogP contribution in [0.15, 0.2) is 42.7 Å². The van der Waals surface area contributed by atoms with Gasteiger partial charge in [0, 0.05) is 36.3 Å². The minimum absolute atomic E-state index is 0.0802. The van der Waals surface area contributed by atoms with Gasteiger partial charge in [-0.05, 0) is 67.7 Å².